The minimum atomic E-state index is -0.556. The molecule has 2 heterocycles. The molecule has 5 nitrogen and oxygen atoms in total. The fourth-order valence-corrected chi connectivity index (χ4v) is 2.11. The van der Waals surface area contributed by atoms with E-state index in [2.05, 4.69) is 20.6 Å². The topological polar surface area (TPSA) is 73.6 Å². The zero-order valence-electron chi connectivity index (χ0n) is 10.7. The van der Waals surface area contributed by atoms with E-state index in [1.165, 1.54) is 12.1 Å². The zero-order valence-corrected chi connectivity index (χ0v) is 10.7. The third-order valence-corrected chi connectivity index (χ3v) is 3.15. The van der Waals surface area contributed by atoms with E-state index in [1.54, 1.807) is 18.3 Å². The smallest absolute Gasteiger partial charge is 0.227 e. The molecule has 0 fully saturated rings. The van der Waals surface area contributed by atoms with Crippen LogP contribution in [0.15, 0.2) is 24.4 Å². The molecule has 0 atom stereocenters. The lowest BCUT2D eigenvalue weighted by atomic mass is 10.1. The van der Waals surface area contributed by atoms with Crippen LogP contribution in [-0.2, 0) is 13.0 Å². The Morgan fingerprint density at radius 1 is 1.40 bits per heavy atom. The van der Waals surface area contributed by atoms with E-state index in [4.69, 9.17) is 5.26 Å². The van der Waals surface area contributed by atoms with E-state index >= 15 is 0 Å². The van der Waals surface area contributed by atoms with E-state index in [0.717, 1.165) is 30.8 Å². The van der Waals surface area contributed by atoms with Crippen molar-refractivity contribution in [1.29, 1.82) is 5.26 Å². The Morgan fingerprint density at radius 2 is 2.30 bits per heavy atom. The Kier molecular flexibility index (Phi) is 3.27. The standard InChI is InChI=1S/C14H12FN5/c15-12-5-11(2-1-9(12)6-16)19-14-18-8-10-7-17-4-3-13(10)20-14/h1-2,5,8,17H,3-4,7H2,(H,18,19,20). The molecule has 100 valence electrons. The van der Waals surface area contributed by atoms with Crippen molar-refractivity contribution in [3.8, 4) is 6.07 Å². The maximum Gasteiger partial charge on any atom is 0.227 e. The summed E-state index contributed by atoms with van der Waals surface area (Å²) in [6.07, 6.45) is 2.63. The van der Waals surface area contributed by atoms with Gasteiger partial charge in [-0.15, -0.1) is 0 Å². The molecule has 0 unspecified atom stereocenters. The highest BCUT2D eigenvalue weighted by Crippen LogP contribution is 2.18. The van der Waals surface area contributed by atoms with Gasteiger partial charge in [0, 0.05) is 37.0 Å². The lowest BCUT2D eigenvalue weighted by Gasteiger charge is -2.16. The lowest BCUT2D eigenvalue weighted by molar-refractivity contribution is 0.624. The summed E-state index contributed by atoms with van der Waals surface area (Å²) in [6, 6.07) is 6.11. The van der Waals surface area contributed by atoms with Crippen molar-refractivity contribution in [3.63, 3.8) is 0 Å². The van der Waals surface area contributed by atoms with Gasteiger partial charge in [0.05, 0.1) is 11.3 Å². The van der Waals surface area contributed by atoms with Crippen molar-refractivity contribution in [2.45, 2.75) is 13.0 Å². The van der Waals surface area contributed by atoms with Crippen LogP contribution in [0.5, 0.6) is 0 Å². The van der Waals surface area contributed by atoms with Gasteiger partial charge in [0.2, 0.25) is 5.95 Å². The Labute approximate surface area is 115 Å². The van der Waals surface area contributed by atoms with Crippen LogP contribution in [0.2, 0.25) is 0 Å². The number of benzene rings is 1. The van der Waals surface area contributed by atoms with Gasteiger partial charge in [-0.1, -0.05) is 0 Å². The number of halogens is 1. The largest absolute Gasteiger partial charge is 0.324 e. The summed E-state index contributed by atoms with van der Waals surface area (Å²) in [5, 5.41) is 14.9. The summed E-state index contributed by atoms with van der Waals surface area (Å²) < 4.78 is 13.5. The molecule has 0 bridgehead atoms. The number of nitrogens with one attached hydrogen (secondary N) is 2. The molecular weight excluding hydrogens is 257 g/mol. The average molecular weight is 269 g/mol. The van der Waals surface area contributed by atoms with Gasteiger partial charge in [-0.3, -0.25) is 0 Å². The highest BCUT2D eigenvalue weighted by atomic mass is 19.1. The first-order valence-corrected chi connectivity index (χ1v) is 6.28. The van der Waals surface area contributed by atoms with Crippen LogP contribution in [-0.4, -0.2) is 16.5 Å². The number of fused-ring (bicyclic) bond motifs is 1. The van der Waals surface area contributed by atoms with Crippen LogP contribution in [0.1, 0.15) is 16.8 Å². The number of aromatic nitrogens is 2. The number of anilines is 2. The zero-order chi connectivity index (χ0) is 13.9. The summed E-state index contributed by atoms with van der Waals surface area (Å²) in [6.45, 7) is 1.68. The van der Waals surface area contributed by atoms with E-state index in [0.29, 0.717) is 11.6 Å². The van der Waals surface area contributed by atoms with Crippen LogP contribution in [0.25, 0.3) is 0 Å². The Bertz CT molecular complexity index is 692. The lowest BCUT2D eigenvalue weighted by Crippen LogP contribution is -2.25. The van der Waals surface area contributed by atoms with Gasteiger partial charge in [-0.25, -0.2) is 14.4 Å². The summed E-state index contributed by atoms with van der Waals surface area (Å²) in [4.78, 5) is 8.64. The minimum Gasteiger partial charge on any atom is -0.324 e. The van der Waals surface area contributed by atoms with Crippen LogP contribution < -0.4 is 10.6 Å². The fraction of sp³-hybridized carbons (Fsp3) is 0.214. The van der Waals surface area contributed by atoms with Crippen molar-refractivity contribution < 1.29 is 4.39 Å². The third-order valence-electron chi connectivity index (χ3n) is 3.15. The molecule has 0 radical (unpaired) electrons. The van der Waals surface area contributed by atoms with Gasteiger partial charge in [-0.05, 0) is 18.2 Å². The van der Waals surface area contributed by atoms with Gasteiger partial charge < -0.3 is 10.6 Å². The first-order chi connectivity index (χ1) is 9.76. The monoisotopic (exact) mass is 269 g/mol. The highest BCUT2D eigenvalue weighted by Gasteiger charge is 2.11. The van der Waals surface area contributed by atoms with Crippen molar-refractivity contribution in [2.75, 3.05) is 11.9 Å². The minimum absolute atomic E-state index is 0.0213. The van der Waals surface area contributed by atoms with Gasteiger partial charge in [0.25, 0.3) is 0 Å². The van der Waals surface area contributed by atoms with Crippen molar-refractivity contribution in [2.24, 2.45) is 0 Å². The van der Waals surface area contributed by atoms with Crippen molar-refractivity contribution in [3.05, 3.63) is 47.0 Å². The first kappa shape index (κ1) is 12.5. The predicted molar refractivity (Wildman–Crippen MR) is 71.8 cm³/mol. The number of nitriles is 1. The second-order valence-corrected chi connectivity index (χ2v) is 4.52. The molecule has 2 aromatic rings. The Morgan fingerprint density at radius 3 is 3.10 bits per heavy atom. The normalized spacial score (nSPS) is 13.4. The van der Waals surface area contributed by atoms with Gasteiger partial charge >= 0.3 is 0 Å². The third kappa shape index (κ3) is 2.44. The fourth-order valence-electron chi connectivity index (χ4n) is 2.11. The quantitative estimate of drug-likeness (QED) is 0.870. The predicted octanol–water partition coefficient (Wildman–Crippen LogP) is 1.88. The van der Waals surface area contributed by atoms with Gasteiger partial charge in [0.15, 0.2) is 0 Å². The van der Waals surface area contributed by atoms with E-state index in [1.807, 2.05) is 0 Å². The highest BCUT2D eigenvalue weighted by molar-refractivity contribution is 5.55. The van der Waals surface area contributed by atoms with E-state index in [-0.39, 0.29) is 5.56 Å². The molecule has 0 saturated carbocycles. The number of hydrogen-bond donors (Lipinski definition) is 2. The molecule has 1 aliphatic rings. The SMILES string of the molecule is N#Cc1ccc(Nc2ncc3c(n2)CCNC3)cc1F. The van der Waals surface area contributed by atoms with Crippen LogP contribution in [0.4, 0.5) is 16.0 Å². The number of nitrogens with zero attached hydrogens (tertiary/aromatic N) is 3. The molecule has 1 aromatic carbocycles. The Hall–Kier alpha value is -2.52. The molecular formula is C14H12FN5. The summed E-state index contributed by atoms with van der Waals surface area (Å²) in [5.74, 6) is -0.116. The summed E-state index contributed by atoms with van der Waals surface area (Å²) in [7, 11) is 0. The average Bonchev–Trinajstić information content (AvgIpc) is 2.47. The maximum absolute atomic E-state index is 13.5. The maximum atomic E-state index is 13.5. The van der Waals surface area contributed by atoms with Crippen molar-refractivity contribution in [1.82, 2.24) is 15.3 Å². The van der Waals surface area contributed by atoms with Gasteiger partial charge in [0.1, 0.15) is 11.9 Å². The summed E-state index contributed by atoms with van der Waals surface area (Å²) in [5.41, 5.74) is 2.64. The van der Waals surface area contributed by atoms with Crippen molar-refractivity contribution >= 4 is 11.6 Å². The van der Waals surface area contributed by atoms with E-state index < -0.39 is 5.82 Å². The molecule has 2 N–H and O–H groups in total. The molecule has 6 heteroatoms. The Balaban J connectivity index is 1.84. The number of hydrogen-bond acceptors (Lipinski definition) is 5. The first-order valence-electron chi connectivity index (χ1n) is 6.28. The second kappa shape index (κ2) is 5.23. The molecule has 3 rings (SSSR count). The second-order valence-electron chi connectivity index (χ2n) is 4.52. The molecule has 0 aliphatic carbocycles. The summed E-state index contributed by atoms with van der Waals surface area (Å²) >= 11 is 0. The molecule has 0 amide bonds. The van der Waals surface area contributed by atoms with Crippen LogP contribution in [0, 0.1) is 17.1 Å². The molecule has 0 spiro atoms. The van der Waals surface area contributed by atoms with E-state index in [9.17, 15) is 4.39 Å². The molecule has 1 aliphatic heterocycles. The molecule has 0 saturated heterocycles. The number of rotatable bonds is 2. The molecule has 1 aromatic heterocycles. The molecule has 20 heavy (non-hydrogen) atoms. The van der Waals surface area contributed by atoms with Crippen LogP contribution >= 0.6 is 0 Å². The van der Waals surface area contributed by atoms with Crippen LogP contribution in [0.3, 0.4) is 0 Å². The van der Waals surface area contributed by atoms with Gasteiger partial charge in [-0.2, -0.15) is 5.26 Å².